The number of methoxy groups -OCH3 is 1. The maximum absolute atomic E-state index is 13.8. The van der Waals surface area contributed by atoms with Crippen LogP contribution in [0.1, 0.15) is 24.4 Å². The lowest BCUT2D eigenvalue weighted by molar-refractivity contribution is -0.134. The van der Waals surface area contributed by atoms with E-state index >= 15 is 0 Å². The fourth-order valence-corrected chi connectivity index (χ4v) is 2.54. The third-order valence-electron chi connectivity index (χ3n) is 3.51. The first kappa shape index (κ1) is 15.9. The lowest BCUT2D eigenvalue weighted by atomic mass is 10.1. The van der Waals surface area contributed by atoms with Crippen LogP contribution in [-0.2, 0) is 9.53 Å². The number of carbonyl (C=O) groups excluding carboxylic acids is 1. The minimum absolute atomic E-state index is 0.0118. The standard InChI is InChI=1S/C14H14F2N2O4/c1-22-12(19)7-3-8-2-5-10(18(8)14(20)21)9-4-6-11(15)17-13(9)16/h3-4,6-8,10H,2,5H2,1H3,(H,20,21)/b7-3+/t8-,10+/m1/s1. The fraction of sp³-hybridized carbons (Fsp3) is 0.357. The van der Waals surface area contributed by atoms with Gasteiger partial charge in [-0.15, -0.1) is 0 Å². The van der Waals surface area contributed by atoms with E-state index in [1.807, 2.05) is 0 Å². The van der Waals surface area contributed by atoms with Crippen LogP contribution < -0.4 is 0 Å². The molecule has 0 aliphatic carbocycles. The van der Waals surface area contributed by atoms with E-state index in [9.17, 15) is 23.5 Å². The van der Waals surface area contributed by atoms with Crippen LogP contribution in [0.25, 0.3) is 0 Å². The molecule has 1 aliphatic rings. The SMILES string of the molecule is COC(=O)/C=C/[C@H]1CC[C@@H](c2ccc(F)nc2F)N1C(=O)O. The highest BCUT2D eigenvalue weighted by atomic mass is 19.1. The number of rotatable bonds is 3. The van der Waals surface area contributed by atoms with Gasteiger partial charge >= 0.3 is 12.1 Å². The summed E-state index contributed by atoms with van der Waals surface area (Å²) in [5, 5.41) is 9.34. The molecule has 8 heteroatoms. The van der Waals surface area contributed by atoms with E-state index in [0.29, 0.717) is 12.8 Å². The Balaban J connectivity index is 2.28. The number of carboxylic acid groups (broad SMARTS) is 1. The number of nitrogens with zero attached hydrogens (tertiary/aromatic N) is 2. The molecule has 1 aliphatic heterocycles. The summed E-state index contributed by atoms with van der Waals surface area (Å²) in [6, 6.07) is 0.796. The first-order chi connectivity index (χ1) is 10.4. The largest absolute Gasteiger partial charge is 0.466 e. The van der Waals surface area contributed by atoms with Crippen LogP contribution in [0.5, 0.6) is 0 Å². The molecule has 1 aromatic heterocycles. The van der Waals surface area contributed by atoms with Gasteiger partial charge in [0.15, 0.2) is 0 Å². The Kier molecular flexibility index (Phi) is 4.69. The number of hydrogen-bond donors (Lipinski definition) is 1. The minimum atomic E-state index is -1.26. The number of esters is 1. The van der Waals surface area contributed by atoms with Crippen molar-refractivity contribution in [1.29, 1.82) is 0 Å². The summed E-state index contributed by atoms with van der Waals surface area (Å²) in [5.41, 5.74) is 0.0118. The summed E-state index contributed by atoms with van der Waals surface area (Å²) in [4.78, 5) is 26.7. The smallest absolute Gasteiger partial charge is 0.408 e. The molecule has 0 unspecified atom stereocenters. The third kappa shape index (κ3) is 3.21. The van der Waals surface area contributed by atoms with Gasteiger partial charge in [-0.2, -0.15) is 13.8 Å². The van der Waals surface area contributed by atoms with E-state index < -0.39 is 36.0 Å². The molecule has 1 amide bonds. The highest BCUT2D eigenvalue weighted by molar-refractivity contribution is 5.82. The number of pyridine rings is 1. The Hall–Kier alpha value is -2.51. The van der Waals surface area contributed by atoms with Crippen molar-refractivity contribution in [1.82, 2.24) is 9.88 Å². The van der Waals surface area contributed by atoms with Gasteiger partial charge in [0, 0.05) is 11.6 Å². The molecule has 0 radical (unpaired) electrons. The van der Waals surface area contributed by atoms with Gasteiger partial charge in [0.25, 0.3) is 0 Å². The summed E-state index contributed by atoms with van der Waals surface area (Å²) in [6.45, 7) is 0. The summed E-state index contributed by atoms with van der Waals surface area (Å²) in [7, 11) is 1.21. The predicted octanol–water partition coefficient (Wildman–Crippen LogP) is 2.27. The third-order valence-corrected chi connectivity index (χ3v) is 3.51. The second-order valence-electron chi connectivity index (χ2n) is 4.75. The van der Waals surface area contributed by atoms with Crippen LogP contribution in [0.4, 0.5) is 13.6 Å². The average molecular weight is 312 g/mol. The van der Waals surface area contributed by atoms with Gasteiger partial charge in [-0.25, -0.2) is 9.59 Å². The van der Waals surface area contributed by atoms with E-state index in [1.165, 1.54) is 19.3 Å². The summed E-state index contributed by atoms with van der Waals surface area (Å²) >= 11 is 0. The summed E-state index contributed by atoms with van der Waals surface area (Å²) in [5.74, 6) is -2.61. The number of likely N-dealkylation sites (tertiary alicyclic amines) is 1. The van der Waals surface area contributed by atoms with Crippen molar-refractivity contribution in [2.75, 3.05) is 7.11 Å². The summed E-state index contributed by atoms with van der Waals surface area (Å²) in [6.07, 6.45) is 2.01. The van der Waals surface area contributed by atoms with E-state index in [4.69, 9.17) is 0 Å². The Morgan fingerprint density at radius 3 is 2.73 bits per heavy atom. The van der Waals surface area contributed by atoms with Crippen LogP contribution in [0.3, 0.4) is 0 Å². The van der Waals surface area contributed by atoms with Crippen LogP contribution >= 0.6 is 0 Å². The average Bonchev–Trinajstić information content (AvgIpc) is 2.88. The van der Waals surface area contributed by atoms with Crippen molar-refractivity contribution < 1.29 is 28.2 Å². The molecule has 0 spiro atoms. The van der Waals surface area contributed by atoms with Gasteiger partial charge in [-0.05, 0) is 25.0 Å². The van der Waals surface area contributed by atoms with Crippen molar-refractivity contribution in [3.63, 3.8) is 0 Å². The normalized spacial score (nSPS) is 21.3. The lowest BCUT2D eigenvalue weighted by Crippen LogP contribution is -2.35. The van der Waals surface area contributed by atoms with Crippen LogP contribution in [0.2, 0.25) is 0 Å². The molecule has 0 bridgehead atoms. The number of amides is 1. The number of hydrogen-bond acceptors (Lipinski definition) is 4. The second kappa shape index (κ2) is 6.50. The molecule has 118 valence electrons. The molecule has 1 saturated heterocycles. The van der Waals surface area contributed by atoms with E-state index in [0.717, 1.165) is 17.0 Å². The van der Waals surface area contributed by atoms with Gasteiger partial charge < -0.3 is 9.84 Å². The number of halogens is 2. The topological polar surface area (TPSA) is 79.7 Å². The number of ether oxygens (including phenoxy) is 1. The maximum atomic E-state index is 13.8. The molecule has 2 rings (SSSR count). The molecule has 1 aromatic rings. The quantitative estimate of drug-likeness (QED) is 0.526. The van der Waals surface area contributed by atoms with Gasteiger partial charge in [0.2, 0.25) is 11.9 Å². The molecule has 6 nitrogen and oxygen atoms in total. The molecular formula is C14H14F2N2O4. The van der Waals surface area contributed by atoms with Crippen molar-refractivity contribution in [2.45, 2.75) is 24.9 Å². The Morgan fingerprint density at radius 2 is 2.14 bits per heavy atom. The Morgan fingerprint density at radius 1 is 1.41 bits per heavy atom. The molecule has 2 heterocycles. The van der Waals surface area contributed by atoms with Crippen molar-refractivity contribution >= 4 is 12.1 Å². The predicted molar refractivity (Wildman–Crippen MR) is 70.9 cm³/mol. The second-order valence-corrected chi connectivity index (χ2v) is 4.75. The number of carbonyl (C=O) groups is 2. The van der Waals surface area contributed by atoms with Gasteiger partial charge in [0.05, 0.1) is 19.2 Å². The highest BCUT2D eigenvalue weighted by Crippen LogP contribution is 2.37. The zero-order chi connectivity index (χ0) is 16.3. The van der Waals surface area contributed by atoms with E-state index in [1.54, 1.807) is 0 Å². The van der Waals surface area contributed by atoms with Crippen LogP contribution in [0, 0.1) is 11.9 Å². The van der Waals surface area contributed by atoms with Gasteiger partial charge in [-0.1, -0.05) is 6.08 Å². The molecule has 0 saturated carbocycles. The minimum Gasteiger partial charge on any atom is -0.466 e. The maximum Gasteiger partial charge on any atom is 0.408 e. The van der Waals surface area contributed by atoms with Crippen LogP contribution in [0.15, 0.2) is 24.3 Å². The molecule has 1 fully saturated rings. The molecule has 0 aromatic carbocycles. The van der Waals surface area contributed by atoms with Gasteiger partial charge in [0.1, 0.15) is 0 Å². The zero-order valence-electron chi connectivity index (χ0n) is 11.7. The molecule has 22 heavy (non-hydrogen) atoms. The van der Waals surface area contributed by atoms with Crippen molar-refractivity contribution in [3.05, 3.63) is 41.7 Å². The highest BCUT2D eigenvalue weighted by Gasteiger charge is 2.38. The van der Waals surface area contributed by atoms with E-state index in [-0.39, 0.29) is 5.56 Å². The molecule has 1 N–H and O–H groups in total. The van der Waals surface area contributed by atoms with Crippen molar-refractivity contribution in [2.24, 2.45) is 0 Å². The van der Waals surface area contributed by atoms with E-state index in [2.05, 4.69) is 9.72 Å². The Bertz CT molecular complexity index is 621. The first-order valence-corrected chi connectivity index (χ1v) is 6.53. The van der Waals surface area contributed by atoms with Crippen LogP contribution in [-0.4, -0.2) is 40.2 Å². The zero-order valence-corrected chi connectivity index (χ0v) is 11.7. The van der Waals surface area contributed by atoms with Crippen molar-refractivity contribution in [3.8, 4) is 0 Å². The fourth-order valence-electron chi connectivity index (χ4n) is 2.54. The van der Waals surface area contributed by atoms with Gasteiger partial charge in [-0.3, -0.25) is 4.90 Å². The first-order valence-electron chi connectivity index (χ1n) is 6.53. The monoisotopic (exact) mass is 312 g/mol. The Labute approximate surface area is 125 Å². The summed E-state index contributed by atoms with van der Waals surface area (Å²) < 4.78 is 31.1. The molecular weight excluding hydrogens is 298 g/mol. The number of aromatic nitrogens is 1. The lowest BCUT2D eigenvalue weighted by Gasteiger charge is -2.26. The molecule has 2 atom stereocenters.